The minimum Gasteiger partial charge on any atom is -0.392 e. The molecule has 0 spiro atoms. The van der Waals surface area contributed by atoms with Gasteiger partial charge in [-0.25, -0.2) is 0 Å². The number of hydrogen-bond donors (Lipinski definition) is 3. The van der Waals surface area contributed by atoms with Crippen molar-refractivity contribution in [2.75, 3.05) is 19.7 Å². The third-order valence-corrected chi connectivity index (χ3v) is 4.44. The number of ether oxygens (including phenoxy) is 1. The molecule has 4 atom stereocenters. The fourth-order valence-corrected chi connectivity index (χ4v) is 2.87. The highest BCUT2D eigenvalue weighted by molar-refractivity contribution is 4.82. The first-order chi connectivity index (χ1) is 9.16. The van der Waals surface area contributed by atoms with Crippen LogP contribution in [-0.4, -0.2) is 48.2 Å². The summed E-state index contributed by atoms with van der Waals surface area (Å²) in [6.07, 6.45) is 6.82. The fourth-order valence-electron chi connectivity index (χ4n) is 2.87. The zero-order valence-corrected chi connectivity index (χ0v) is 12.1. The Labute approximate surface area is 116 Å². The molecule has 2 fully saturated rings. The highest BCUT2D eigenvalue weighted by atomic mass is 16.5. The molecular formula is C15H29NO3. The number of hydrogen-bond acceptors (Lipinski definition) is 4. The number of rotatable bonds is 8. The van der Waals surface area contributed by atoms with Crippen LogP contribution < -0.4 is 5.32 Å². The van der Waals surface area contributed by atoms with Gasteiger partial charge in [0, 0.05) is 13.1 Å². The van der Waals surface area contributed by atoms with Gasteiger partial charge in [-0.3, -0.25) is 0 Å². The topological polar surface area (TPSA) is 61.7 Å². The minimum absolute atomic E-state index is 0.244. The molecular weight excluding hydrogens is 242 g/mol. The van der Waals surface area contributed by atoms with E-state index in [9.17, 15) is 10.2 Å². The lowest BCUT2D eigenvalue weighted by molar-refractivity contribution is -0.0455. The van der Waals surface area contributed by atoms with Gasteiger partial charge in [0.05, 0.1) is 24.9 Å². The van der Waals surface area contributed by atoms with Gasteiger partial charge in [0.15, 0.2) is 0 Å². The van der Waals surface area contributed by atoms with Crippen molar-refractivity contribution >= 4 is 0 Å². The Balaban J connectivity index is 1.52. The summed E-state index contributed by atoms with van der Waals surface area (Å²) in [5.74, 6) is 1.11. The molecule has 4 unspecified atom stereocenters. The molecule has 0 saturated heterocycles. The summed E-state index contributed by atoms with van der Waals surface area (Å²) in [5.41, 5.74) is 0. The lowest BCUT2D eigenvalue weighted by Gasteiger charge is -2.29. The molecule has 2 saturated carbocycles. The Morgan fingerprint density at radius 1 is 1.11 bits per heavy atom. The Morgan fingerprint density at radius 2 is 1.84 bits per heavy atom. The van der Waals surface area contributed by atoms with E-state index in [0.717, 1.165) is 19.3 Å². The molecule has 0 aliphatic heterocycles. The molecule has 19 heavy (non-hydrogen) atoms. The van der Waals surface area contributed by atoms with E-state index >= 15 is 0 Å². The van der Waals surface area contributed by atoms with Crippen molar-refractivity contribution in [3.05, 3.63) is 0 Å². The van der Waals surface area contributed by atoms with E-state index in [1.165, 1.54) is 19.3 Å². The van der Waals surface area contributed by atoms with Gasteiger partial charge in [0.25, 0.3) is 0 Å². The van der Waals surface area contributed by atoms with E-state index in [0.29, 0.717) is 37.6 Å². The number of aliphatic hydroxyl groups is 2. The van der Waals surface area contributed by atoms with E-state index < -0.39 is 6.10 Å². The molecule has 2 aliphatic rings. The molecule has 0 aromatic carbocycles. The lowest BCUT2D eigenvalue weighted by atomic mass is 9.88. The van der Waals surface area contributed by atoms with Crippen LogP contribution in [0.1, 0.15) is 45.4 Å². The molecule has 0 aromatic heterocycles. The smallest absolute Gasteiger partial charge is 0.0897 e. The van der Waals surface area contributed by atoms with Gasteiger partial charge in [-0.1, -0.05) is 19.8 Å². The maximum absolute atomic E-state index is 9.86. The standard InChI is InChI=1S/C15H29NO3/c1-11-4-2-3-5-15(11)19-10-13(17)8-16-9-14(18)12-6-7-12/h11-18H,2-10H2,1H3. The molecule has 0 aromatic rings. The normalized spacial score (nSPS) is 31.1. The summed E-state index contributed by atoms with van der Waals surface area (Å²) in [6.45, 7) is 3.73. The fraction of sp³-hybridized carbons (Fsp3) is 1.00. The van der Waals surface area contributed by atoms with Crippen molar-refractivity contribution in [3.63, 3.8) is 0 Å². The summed E-state index contributed by atoms with van der Waals surface area (Å²) in [6, 6.07) is 0. The second-order valence-electron chi connectivity index (χ2n) is 6.35. The van der Waals surface area contributed by atoms with Crippen LogP contribution in [-0.2, 0) is 4.74 Å². The third kappa shape index (κ3) is 5.38. The second-order valence-corrected chi connectivity index (χ2v) is 6.35. The van der Waals surface area contributed by atoms with E-state index in [1.807, 2.05) is 0 Å². The zero-order valence-electron chi connectivity index (χ0n) is 12.1. The first-order valence-electron chi connectivity index (χ1n) is 7.85. The Bertz CT molecular complexity index is 258. The molecule has 112 valence electrons. The lowest BCUT2D eigenvalue weighted by Crippen LogP contribution is -2.37. The quantitative estimate of drug-likeness (QED) is 0.623. The second kappa shape index (κ2) is 7.58. The highest BCUT2D eigenvalue weighted by Gasteiger charge is 2.29. The van der Waals surface area contributed by atoms with Crippen molar-refractivity contribution in [1.29, 1.82) is 0 Å². The van der Waals surface area contributed by atoms with Crippen molar-refractivity contribution < 1.29 is 14.9 Å². The van der Waals surface area contributed by atoms with Crippen LogP contribution in [0, 0.1) is 11.8 Å². The maximum atomic E-state index is 9.86. The monoisotopic (exact) mass is 271 g/mol. The molecule has 2 aliphatic carbocycles. The molecule has 4 heteroatoms. The molecule has 2 rings (SSSR count). The largest absolute Gasteiger partial charge is 0.392 e. The predicted octanol–water partition coefficient (Wildman–Crippen LogP) is 1.30. The summed E-state index contributed by atoms with van der Waals surface area (Å²) >= 11 is 0. The van der Waals surface area contributed by atoms with Gasteiger partial charge in [0.1, 0.15) is 0 Å². The van der Waals surface area contributed by atoms with Crippen LogP contribution in [0.5, 0.6) is 0 Å². The first-order valence-corrected chi connectivity index (χ1v) is 7.85. The number of nitrogens with one attached hydrogen (secondary N) is 1. The molecule has 0 amide bonds. The van der Waals surface area contributed by atoms with Crippen LogP contribution in [0.25, 0.3) is 0 Å². The highest BCUT2D eigenvalue weighted by Crippen LogP contribution is 2.32. The van der Waals surface area contributed by atoms with Crippen LogP contribution in [0.2, 0.25) is 0 Å². The van der Waals surface area contributed by atoms with Crippen LogP contribution in [0.15, 0.2) is 0 Å². The molecule has 3 N–H and O–H groups in total. The van der Waals surface area contributed by atoms with Crippen LogP contribution >= 0.6 is 0 Å². The van der Waals surface area contributed by atoms with Gasteiger partial charge in [-0.2, -0.15) is 0 Å². The number of aliphatic hydroxyl groups excluding tert-OH is 2. The Hall–Kier alpha value is -0.160. The van der Waals surface area contributed by atoms with E-state index in [1.54, 1.807) is 0 Å². The van der Waals surface area contributed by atoms with E-state index in [4.69, 9.17) is 4.74 Å². The van der Waals surface area contributed by atoms with Crippen molar-refractivity contribution in [2.45, 2.75) is 63.8 Å². The molecule has 0 heterocycles. The van der Waals surface area contributed by atoms with Gasteiger partial charge < -0.3 is 20.3 Å². The Morgan fingerprint density at radius 3 is 2.53 bits per heavy atom. The third-order valence-electron chi connectivity index (χ3n) is 4.44. The Kier molecular flexibility index (Phi) is 6.07. The SMILES string of the molecule is CC1CCCCC1OCC(O)CNCC(O)C1CC1. The van der Waals surface area contributed by atoms with E-state index in [2.05, 4.69) is 12.2 Å². The average molecular weight is 271 g/mol. The zero-order chi connectivity index (χ0) is 13.7. The van der Waals surface area contributed by atoms with Crippen molar-refractivity contribution in [3.8, 4) is 0 Å². The van der Waals surface area contributed by atoms with Crippen LogP contribution in [0.4, 0.5) is 0 Å². The predicted molar refractivity (Wildman–Crippen MR) is 75.0 cm³/mol. The summed E-state index contributed by atoms with van der Waals surface area (Å²) in [7, 11) is 0. The van der Waals surface area contributed by atoms with Crippen molar-refractivity contribution in [2.24, 2.45) is 11.8 Å². The van der Waals surface area contributed by atoms with Gasteiger partial charge in [-0.15, -0.1) is 0 Å². The summed E-state index contributed by atoms with van der Waals surface area (Å²) in [4.78, 5) is 0. The van der Waals surface area contributed by atoms with E-state index in [-0.39, 0.29) is 6.10 Å². The average Bonchev–Trinajstić information content (AvgIpc) is 3.22. The molecule has 4 nitrogen and oxygen atoms in total. The first kappa shape index (κ1) is 15.2. The van der Waals surface area contributed by atoms with Gasteiger partial charge in [-0.05, 0) is 37.5 Å². The minimum atomic E-state index is -0.472. The summed E-state index contributed by atoms with van der Waals surface area (Å²) < 4.78 is 5.82. The van der Waals surface area contributed by atoms with Gasteiger partial charge in [0.2, 0.25) is 0 Å². The van der Waals surface area contributed by atoms with Gasteiger partial charge >= 0.3 is 0 Å². The molecule has 0 radical (unpaired) electrons. The van der Waals surface area contributed by atoms with Crippen molar-refractivity contribution in [1.82, 2.24) is 5.32 Å². The maximum Gasteiger partial charge on any atom is 0.0897 e. The molecule has 0 bridgehead atoms. The summed E-state index contributed by atoms with van der Waals surface area (Å²) in [5, 5.41) is 22.7. The van der Waals surface area contributed by atoms with Crippen LogP contribution in [0.3, 0.4) is 0 Å².